The molecule has 0 heterocycles. The molecule has 0 bridgehead atoms. The topological polar surface area (TPSA) is 92.6 Å². The predicted molar refractivity (Wildman–Crippen MR) is 81.1 cm³/mol. The molecule has 0 aromatic heterocycles. The highest BCUT2D eigenvalue weighted by atomic mass is 16.3. The predicted octanol–water partition coefficient (Wildman–Crippen LogP) is 1.85. The number of phenolic OH excluding ortho intramolecular Hbond substituents is 1. The molecular formula is C15H17N3O2. The molecule has 0 fully saturated rings. The largest absolute Gasteiger partial charge is 0.506 e. The van der Waals surface area contributed by atoms with Gasteiger partial charge in [0.1, 0.15) is 5.75 Å². The van der Waals surface area contributed by atoms with Crippen LogP contribution < -0.4 is 16.4 Å². The molecule has 2 aromatic rings. The SMILES string of the molecule is CN(C)c1ccc(C(=O)c2ccc(O)c(N)c2)cc1N. The average Bonchev–Trinajstić information content (AvgIpc) is 2.40. The van der Waals surface area contributed by atoms with Crippen molar-refractivity contribution < 1.29 is 9.90 Å². The lowest BCUT2D eigenvalue weighted by atomic mass is 10.0. The van der Waals surface area contributed by atoms with Crippen LogP contribution in [0.2, 0.25) is 0 Å². The van der Waals surface area contributed by atoms with Gasteiger partial charge in [-0.3, -0.25) is 4.79 Å². The van der Waals surface area contributed by atoms with Gasteiger partial charge in [-0.15, -0.1) is 0 Å². The Balaban J connectivity index is 2.38. The second-order valence-electron chi connectivity index (χ2n) is 4.77. The summed E-state index contributed by atoms with van der Waals surface area (Å²) >= 11 is 0. The van der Waals surface area contributed by atoms with E-state index in [1.165, 1.54) is 18.2 Å². The molecule has 0 radical (unpaired) electrons. The van der Waals surface area contributed by atoms with E-state index < -0.39 is 0 Å². The third-order valence-electron chi connectivity index (χ3n) is 3.06. The molecule has 0 unspecified atom stereocenters. The standard InChI is InChI=1S/C15H17N3O2/c1-18(2)13-5-3-9(7-11(13)16)15(20)10-4-6-14(19)12(17)8-10/h3-8,19H,16-17H2,1-2H3. The number of carbonyl (C=O) groups excluding carboxylic acids is 1. The highest BCUT2D eigenvalue weighted by Gasteiger charge is 2.12. The molecule has 0 amide bonds. The monoisotopic (exact) mass is 271 g/mol. The van der Waals surface area contributed by atoms with Gasteiger partial charge < -0.3 is 21.5 Å². The minimum atomic E-state index is -0.186. The fraction of sp³-hybridized carbons (Fsp3) is 0.133. The van der Waals surface area contributed by atoms with E-state index in [4.69, 9.17) is 11.5 Å². The van der Waals surface area contributed by atoms with Crippen molar-refractivity contribution in [3.05, 3.63) is 47.5 Å². The van der Waals surface area contributed by atoms with Crippen molar-refractivity contribution in [3.63, 3.8) is 0 Å². The number of ketones is 1. The van der Waals surface area contributed by atoms with Gasteiger partial charge in [0.25, 0.3) is 0 Å². The number of nitrogen functional groups attached to an aromatic ring is 2. The second kappa shape index (κ2) is 5.13. The summed E-state index contributed by atoms with van der Waals surface area (Å²) in [6.45, 7) is 0. The van der Waals surface area contributed by atoms with Gasteiger partial charge in [0.15, 0.2) is 5.78 Å². The van der Waals surface area contributed by atoms with E-state index in [1.54, 1.807) is 18.2 Å². The van der Waals surface area contributed by atoms with E-state index in [0.717, 1.165) is 5.69 Å². The van der Waals surface area contributed by atoms with Crippen LogP contribution in [0, 0.1) is 0 Å². The van der Waals surface area contributed by atoms with Crippen molar-refractivity contribution >= 4 is 22.8 Å². The molecule has 0 saturated carbocycles. The molecule has 5 heteroatoms. The lowest BCUT2D eigenvalue weighted by Crippen LogP contribution is -2.12. The number of phenols is 1. The summed E-state index contributed by atoms with van der Waals surface area (Å²) in [6, 6.07) is 9.54. The van der Waals surface area contributed by atoms with Crippen LogP contribution in [0.3, 0.4) is 0 Å². The zero-order valence-electron chi connectivity index (χ0n) is 11.4. The Kier molecular flexibility index (Phi) is 3.52. The van der Waals surface area contributed by atoms with Gasteiger partial charge in [0.05, 0.1) is 17.1 Å². The summed E-state index contributed by atoms with van der Waals surface area (Å²) < 4.78 is 0. The third-order valence-corrected chi connectivity index (χ3v) is 3.06. The normalized spacial score (nSPS) is 10.3. The van der Waals surface area contributed by atoms with Crippen LogP contribution >= 0.6 is 0 Å². The van der Waals surface area contributed by atoms with E-state index >= 15 is 0 Å². The number of nitrogens with zero attached hydrogens (tertiary/aromatic N) is 1. The molecule has 0 saturated heterocycles. The third kappa shape index (κ3) is 2.51. The maximum absolute atomic E-state index is 12.3. The summed E-state index contributed by atoms with van der Waals surface area (Å²) in [6.07, 6.45) is 0. The first-order valence-electron chi connectivity index (χ1n) is 6.10. The molecule has 20 heavy (non-hydrogen) atoms. The summed E-state index contributed by atoms with van der Waals surface area (Å²) in [7, 11) is 3.77. The molecule has 0 spiro atoms. The fourth-order valence-corrected chi connectivity index (χ4v) is 1.97. The van der Waals surface area contributed by atoms with Crippen LogP contribution in [0.1, 0.15) is 15.9 Å². The molecule has 2 aromatic carbocycles. The van der Waals surface area contributed by atoms with Crippen LogP contribution in [0.15, 0.2) is 36.4 Å². The first kappa shape index (κ1) is 13.7. The molecule has 0 aliphatic carbocycles. The Morgan fingerprint density at radius 2 is 1.55 bits per heavy atom. The number of nitrogens with two attached hydrogens (primary N) is 2. The molecule has 5 N–H and O–H groups in total. The molecule has 5 nitrogen and oxygen atoms in total. The van der Waals surface area contributed by atoms with Gasteiger partial charge in [0, 0.05) is 25.2 Å². The van der Waals surface area contributed by atoms with Crippen molar-refractivity contribution in [2.24, 2.45) is 0 Å². The van der Waals surface area contributed by atoms with Crippen molar-refractivity contribution in [2.75, 3.05) is 30.5 Å². The fourth-order valence-electron chi connectivity index (χ4n) is 1.97. The molecule has 0 aliphatic rings. The van der Waals surface area contributed by atoms with Crippen LogP contribution in [-0.4, -0.2) is 25.0 Å². The lowest BCUT2D eigenvalue weighted by Gasteiger charge is -2.15. The number of hydrogen-bond acceptors (Lipinski definition) is 5. The number of carbonyl (C=O) groups is 1. The molecule has 2 rings (SSSR count). The van der Waals surface area contributed by atoms with Gasteiger partial charge in [-0.05, 0) is 36.4 Å². The van der Waals surface area contributed by atoms with Crippen molar-refractivity contribution in [3.8, 4) is 5.75 Å². The molecule has 0 atom stereocenters. The van der Waals surface area contributed by atoms with Crippen molar-refractivity contribution in [1.82, 2.24) is 0 Å². The van der Waals surface area contributed by atoms with E-state index in [-0.39, 0.29) is 17.2 Å². The summed E-state index contributed by atoms with van der Waals surface area (Å²) in [5, 5.41) is 9.38. The van der Waals surface area contributed by atoms with Crippen LogP contribution in [0.25, 0.3) is 0 Å². The number of aromatic hydroxyl groups is 1. The number of hydrogen-bond donors (Lipinski definition) is 3. The maximum Gasteiger partial charge on any atom is 0.193 e. The Hall–Kier alpha value is -2.69. The second-order valence-corrected chi connectivity index (χ2v) is 4.77. The lowest BCUT2D eigenvalue weighted by molar-refractivity contribution is 0.103. The highest BCUT2D eigenvalue weighted by Crippen LogP contribution is 2.26. The summed E-state index contributed by atoms with van der Waals surface area (Å²) in [5.41, 5.74) is 14.0. The summed E-state index contributed by atoms with van der Waals surface area (Å²) in [5.74, 6) is -0.224. The van der Waals surface area contributed by atoms with Gasteiger partial charge in [-0.2, -0.15) is 0 Å². The molecular weight excluding hydrogens is 254 g/mol. The Morgan fingerprint density at radius 1 is 1.00 bits per heavy atom. The minimum absolute atomic E-state index is 0.0379. The Bertz CT molecular complexity index is 666. The average molecular weight is 271 g/mol. The molecule has 0 aliphatic heterocycles. The quantitative estimate of drug-likeness (QED) is 0.450. The Morgan fingerprint density at radius 3 is 2.05 bits per heavy atom. The van der Waals surface area contributed by atoms with E-state index in [2.05, 4.69) is 0 Å². The van der Waals surface area contributed by atoms with Crippen LogP contribution in [-0.2, 0) is 0 Å². The van der Waals surface area contributed by atoms with E-state index in [9.17, 15) is 9.90 Å². The smallest absolute Gasteiger partial charge is 0.193 e. The van der Waals surface area contributed by atoms with Crippen LogP contribution in [0.4, 0.5) is 17.1 Å². The van der Waals surface area contributed by atoms with Gasteiger partial charge in [-0.1, -0.05) is 0 Å². The first-order chi connectivity index (χ1) is 9.40. The first-order valence-corrected chi connectivity index (χ1v) is 6.10. The van der Waals surface area contributed by atoms with E-state index in [1.807, 2.05) is 19.0 Å². The van der Waals surface area contributed by atoms with E-state index in [0.29, 0.717) is 16.8 Å². The zero-order chi connectivity index (χ0) is 14.9. The van der Waals surface area contributed by atoms with Crippen molar-refractivity contribution in [2.45, 2.75) is 0 Å². The molecule has 104 valence electrons. The number of benzene rings is 2. The van der Waals surface area contributed by atoms with Crippen LogP contribution in [0.5, 0.6) is 5.75 Å². The zero-order valence-corrected chi connectivity index (χ0v) is 11.4. The highest BCUT2D eigenvalue weighted by molar-refractivity contribution is 6.10. The number of rotatable bonds is 3. The Labute approximate surface area is 117 Å². The summed E-state index contributed by atoms with van der Waals surface area (Å²) in [4.78, 5) is 14.2. The van der Waals surface area contributed by atoms with Gasteiger partial charge in [-0.25, -0.2) is 0 Å². The van der Waals surface area contributed by atoms with Crippen molar-refractivity contribution in [1.29, 1.82) is 0 Å². The van der Waals surface area contributed by atoms with Gasteiger partial charge >= 0.3 is 0 Å². The number of anilines is 3. The minimum Gasteiger partial charge on any atom is -0.506 e. The maximum atomic E-state index is 12.3. The van der Waals surface area contributed by atoms with Gasteiger partial charge in [0.2, 0.25) is 0 Å².